The van der Waals surface area contributed by atoms with E-state index in [-0.39, 0.29) is 5.92 Å². The summed E-state index contributed by atoms with van der Waals surface area (Å²) in [5.74, 6) is 0.0982. The van der Waals surface area contributed by atoms with Crippen molar-refractivity contribution >= 4 is 17.9 Å². The molecular formula is C11H11ClO. The normalized spacial score (nSPS) is 20.8. The van der Waals surface area contributed by atoms with Crippen LogP contribution in [0.2, 0.25) is 5.02 Å². The number of carbonyl (C=O) groups excluding carboxylic acids is 1. The second-order valence-electron chi connectivity index (χ2n) is 3.48. The maximum atomic E-state index is 10.8. The number of aldehydes is 1. The average Bonchev–Trinajstić information content (AvgIpc) is 2.16. The topological polar surface area (TPSA) is 17.1 Å². The van der Waals surface area contributed by atoms with E-state index >= 15 is 0 Å². The van der Waals surface area contributed by atoms with Crippen LogP contribution in [-0.4, -0.2) is 6.29 Å². The molecule has 1 aromatic carbocycles. The van der Waals surface area contributed by atoms with Gasteiger partial charge in [-0.05, 0) is 42.5 Å². The van der Waals surface area contributed by atoms with Gasteiger partial charge in [0.25, 0.3) is 0 Å². The lowest BCUT2D eigenvalue weighted by atomic mass is 9.84. The average molecular weight is 195 g/mol. The summed E-state index contributed by atoms with van der Waals surface area (Å²) in [4.78, 5) is 10.8. The molecule has 1 aromatic rings. The predicted octanol–water partition coefficient (Wildman–Crippen LogP) is 2.96. The zero-order valence-electron chi connectivity index (χ0n) is 7.29. The molecule has 68 valence electrons. The summed E-state index contributed by atoms with van der Waals surface area (Å²) in [6.07, 6.45) is 4.18. The molecule has 0 saturated carbocycles. The van der Waals surface area contributed by atoms with Gasteiger partial charge in [0.1, 0.15) is 6.29 Å². The van der Waals surface area contributed by atoms with E-state index in [1.54, 1.807) is 0 Å². The van der Waals surface area contributed by atoms with E-state index in [1.165, 1.54) is 11.1 Å². The standard InChI is InChI=1S/C11H11ClO/c12-10-4-5-11-8(6-10)2-1-3-9(11)7-13/h4-7,9H,1-3H2/t9-/m0/s1. The van der Waals surface area contributed by atoms with Gasteiger partial charge in [-0.2, -0.15) is 0 Å². The quantitative estimate of drug-likeness (QED) is 0.629. The van der Waals surface area contributed by atoms with Crippen molar-refractivity contribution in [3.8, 4) is 0 Å². The Morgan fingerprint density at radius 1 is 1.46 bits per heavy atom. The number of hydrogen-bond donors (Lipinski definition) is 0. The first-order valence-electron chi connectivity index (χ1n) is 4.55. The molecule has 0 heterocycles. The third-order valence-corrected chi connectivity index (χ3v) is 2.87. The zero-order chi connectivity index (χ0) is 9.26. The first-order chi connectivity index (χ1) is 6.31. The Balaban J connectivity index is 2.45. The fourth-order valence-electron chi connectivity index (χ4n) is 1.96. The van der Waals surface area contributed by atoms with Crippen LogP contribution in [0.3, 0.4) is 0 Å². The van der Waals surface area contributed by atoms with Gasteiger partial charge in [0.15, 0.2) is 0 Å². The summed E-state index contributed by atoms with van der Waals surface area (Å²) in [7, 11) is 0. The van der Waals surface area contributed by atoms with E-state index in [4.69, 9.17) is 11.6 Å². The minimum atomic E-state index is 0.0982. The van der Waals surface area contributed by atoms with Gasteiger partial charge in [-0.1, -0.05) is 17.7 Å². The molecule has 0 bridgehead atoms. The molecule has 1 nitrogen and oxygen atoms in total. The summed E-state index contributed by atoms with van der Waals surface area (Å²) < 4.78 is 0. The summed E-state index contributed by atoms with van der Waals surface area (Å²) in [5.41, 5.74) is 2.42. The largest absolute Gasteiger partial charge is 0.303 e. The summed E-state index contributed by atoms with van der Waals surface area (Å²) in [5, 5.41) is 0.769. The van der Waals surface area contributed by atoms with Crippen LogP contribution in [0, 0.1) is 0 Å². The van der Waals surface area contributed by atoms with E-state index in [1.807, 2.05) is 18.2 Å². The van der Waals surface area contributed by atoms with Crippen molar-refractivity contribution in [3.05, 3.63) is 34.3 Å². The molecule has 1 aliphatic rings. The Morgan fingerprint density at radius 2 is 2.31 bits per heavy atom. The van der Waals surface area contributed by atoms with Gasteiger partial charge < -0.3 is 4.79 Å². The van der Waals surface area contributed by atoms with Crippen LogP contribution in [0.5, 0.6) is 0 Å². The maximum Gasteiger partial charge on any atom is 0.127 e. The first kappa shape index (κ1) is 8.76. The number of fused-ring (bicyclic) bond motifs is 1. The van der Waals surface area contributed by atoms with Gasteiger partial charge >= 0.3 is 0 Å². The minimum absolute atomic E-state index is 0.0982. The molecule has 0 radical (unpaired) electrons. The van der Waals surface area contributed by atoms with Crippen LogP contribution in [-0.2, 0) is 11.2 Å². The third-order valence-electron chi connectivity index (χ3n) is 2.63. The lowest BCUT2D eigenvalue weighted by Crippen LogP contribution is -2.10. The van der Waals surface area contributed by atoms with Crippen molar-refractivity contribution in [3.63, 3.8) is 0 Å². The molecule has 2 rings (SSSR count). The second kappa shape index (κ2) is 3.51. The lowest BCUT2D eigenvalue weighted by molar-refractivity contribution is -0.109. The molecule has 1 aliphatic carbocycles. The van der Waals surface area contributed by atoms with Crippen LogP contribution in [0.25, 0.3) is 0 Å². The van der Waals surface area contributed by atoms with Crippen molar-refractivity contribution in [1.29, 1.82) is 0 Å². The molecule has 0 aliphatic heterocycles. The van der Waals surface area contributed by atoms with Gasteiger partial charge in [-0.15, -0.1) is 0 Å². The highest BCUT2D eigenvalue weighted by Gasteiger charge is 2.19. The number of hydrogen-bond acceptors (Lipinski definition) is 1. The monoisotopic (exact) mass is 194 g/mol. The van der Waals surface area contributed by atoms with Gasteiger partial charge in [0, 0.05) is 10.9 Å². The smallest absolute Gasteiger partial charge is 0.127 e. The molecule has 0 N–H and O–H groups in total. The molecule has 2 heteroatoms. The highest BCUT2D eigenvalue weighted by Crippen LogP contribution is 2.31. The van der Waals surface area contributed by atoms with Crippen LogP contribution in [0.15, 0.2) is 18.2 Å². The molecular weight excluding hydrogens is 184 g/mol. The Bertz CT molecular complexity index is 333. The fourth-order valence-corrected chi connectivity index (χ4v) is 2.16. The van der Waals surface area contributed by atoms with Crippen LogP contribution in [0.1, 0.15) is 29.9 Å². The molecule has 0 aromatic heterocycles. The molecule has 0 unspecified atom stereocenters. The summed E-state index contributed by atoms with van der Waals surface area (Å²) in [6.45, 7) is 0. The fraction of sp³-hybridized carbons (Fsp3) is 0.364. The Kier molecular flexibility index (Phi) is 2.36. The van der Waals surface area contributed by atoms with Gasteiger partial charge in [0.05, 0.1) is 0 Å². The molecule has 0 amide bonds. The molecule has 13 heavy (non-hydrogen) atoms. The predicted molar refractivity (Wildman–Crippen MR) is 53.2 cm³/mol. The van der Waals surface area contributed by atoms with Crippen molar-refractivity contribution in [2.24, 2.45) is 0 Å². The Morgan fingerprint density at radius 3 is 3.08 bits per heavy atom. The highest BCUT2D eigenvalue weighted by atomic mass is 35.5. The van der Waals surface area contributed by atoms with E-state index in [9.17, 15) is 4.79 Å². The van der Waals surface area contributed by atoms with Crippen LogP contribution in [0.4, 0.5) is 0 Å². The molecule has 0 saturated heterocycles. The first-order valence-corrected chi connectivity index (χ1v) is 4.92. The summed E-state index contributed by atoms with van der Waals surface area (Å²) >= 11 is 5.88. The van der Waals surface area contributed by atoms with Gasteiger partial charge in [-0.25, -0.2) is 0 Å². The van der Waals surface area contributed by atoms with Crippen molar-refractivity contribution in [2.75, 3.05) is 0 Å². The number of carbonyl (C=O) groups is 1. The van der Waals surface area contributed by atoms with Crippen molar-refractivity contribution in [1.82, 2.24) is 0 Å². The number of aryl methyl sites for hydroxylation is 1. The maximum absolute atomic E-state index is 10.8. The SMILES string of the molecule is O=C[C@@H]1CCCc2cc(Cl)ccc21. The van der Waals surface area contributed by atoms with Crippen LogP contribution >= 0.6 is 11.6 Å². The zero-order valence-corrected chi connectivity index (χ0v) is 8.05. The van der Waals surface area contributed by atoms with E-state index in [0.29, 0.717) is 0 Å². The summed E-state index contributed by atoms with van der Waals surface area (Å²) in [6, 6.07) is 5.82. The highest BCUT2D eigenvalue weighted by molar-refractivity contribution is 6.30. The molecule has 0 fully saturated rings. The number of halogens is 1. The van der Waals surface area contributed by atoms with Crippen molar-refractivity contribution < 1.29 is 4.79 Å². The minimum Gasteiger partial charge on any atom is -0.303 e. The van der Waals surface area contributed by atoms with Crippen LogP contribution < -0.4 is 0 Å². The Labute approximate surface area is 82.7 Å². The molecule has 0 spiro atoms. The van der Waals surface area contributed by atoms with E-state index in [0.717, 1.165) is 30.6 Å². The lowest BCUT2D eigenvalue weighted by Gasteiger charge is -2.20. The van der Waals surface area contributed by atoms with Gasteiger partial charge in [-0.3, -0.25) is 0 Å². The Hall–Kier alpha value is -0.820. The van der Waals surface area contributed by atoms with Crippen molar-refractivity contribution in [2.45, 2.75) is 25.2 Å². The number of rotatable bonds is 1. The van der Waals surface area contributed by atoms with E-state index < -0.39 is 0 Å². The van der Waals surface area contributed by atoms with Gasteiger partial charge in [0.2, 0.25) is 0 Å². The van der Waals surface area contributed by atoms with E-state index in [2.05, 4.69) is 0 Å². The second-order valence-corrected chi connectivity index (χ2v) is 3.91. The number of benzene rings is 1. The molecule has 1 atom stereocenters. The third kappa shape index (κ3) is 1.61.